The molecule has 0 radical (unpaired) electrons. The van der Waals surface area contributed by atoms with Crippen LogP contribution in [0.3, 0.4) is 0 Å². The minimum Gasteiger partial charge on any atom is -0.461 e. The van der Waals surface area contributed by atoms with Gasteiger partial charge in [0.25, 0.3) is 0 Å². The SMILES string of the molecule is CC1CC1c1ccc(/C=C/C(=O)NCCCO)o1. The van der Waals surface area contributed by atoms with Crippen molar-refractivity contribution < 1.29 is 14.3 Å². The third-order valence-corrected chi connectivity index (χ3v) is 3.16. The van der Waals surface area contributed by atoms with Crippen molar-refractivity contribution in [2.75, 3.05) is 13.2 Å². The van der Waals surface area contributed by atoms with Crippen LogP contribution in [0.4, 0.5) is 0 Å². The molecule has 1 saturated carbocycles. The number of carbonyl (C=O) groups is 1. The topological polar surface area (TPSA) is 62.5 Å². The summed E-state index contributed by atoms with van der Waals surface area (Å²) >= 11 is 0. The molecule has 1 aliphatic rings. The van der Waals surface area contributed by atoms with E-state index in [-0.39, 0.29) is 12.5 Å². The Labute approximate surface area is 107 Å². The molecule has 98 valence electrons. The second-order valence-corrected chi connectivity index (χ2v) is 4.76. The van der Waals surface area contributed by atoms with Gasteiger partial charge in [-0.3, -0.25) is 4.79 Å². The summed E-state index contributed by atoms with van der Waals surface area (Å²) in [7, 11) is 0. The van der Waals surface area contributed by atoms with Gasteiger partial charge in [0.1, 0.15) is 11.5 Å². The highest BCUT2D eigenvalue weighted by atomic mass is 16.3. The summed E-state index contributed by atoms with van der Waals surface area (Å²) in [6.07, 6.45) is 4.89. The molecule has 1 heterocycles. The van der Waals surface area contributed by atoms with E-state index in [0.717, 1.165) is 11.7 Å². The van der Waals surface area contributed by atoms with Crippen molar-refractivity contribution in [2.24, 2.45) is 5.92 Å². The highest BCUT2D eigenvalue weighted by Crippen LogP contribution is 2.47. The molecule has 0 aliphatic heterocycles. The maximum absolute atomic E-state index is 11.4. The third kappa shape index (κ3) is 3.47. The number of nitrogens with one attached hydrogen (secondary N) is 1. The molecule has 1 aromatic heterocycles. The minimum atomic E-state index is -0.166. The number of hydrogen-bond acceptors (Lipinski definition) is 3. The molecule has 2 unspecified atom stereocenters. The van der Waals surface area contributed by atoms with E-state index in [1.807, 2.05) is 12.1 Å². The first-order chi connectivity index (χ1) is 8.70. The summed E-state index contributed by atoms with van der Waals surface area (Å²) in [5.41, 5.74) is 0. The van der Waals surface area contributed by atoms with Crippen LogP contribution in [0, 0.1) is 5.92 Å². The molecule has 0 saturated heterocycles. The van der Waals surface area contributed by atoms with E-state index in [1.54, 1.807) is 6.08 Å². The quantitative estimate of drug-likeness (QED) is 0.598. The predicted octanol–water partition coefficient (Wildman–Crippen LogP) is 1.91. The number of rotatable bonds is 6. The van der Waals surface area contributed by atoms with Gasteiger partial charge in [-0.25, -0.2) is 0 Å². The summed E-state index contributed by atoms with van der Waals surface area (Å²) < 4.78 is 5.65. The third-order valence-electron chi connectivity index (χ3n) is 3.16. The zero-order valence-corrected chi connectivity index (χ0v) is 10.6. The van der Waals surface area contributed by atoms with Crippen molar-refractivity contribution in [1.82, 2.24) is 5.32 Å². The standard InChI is InChI=1S/C14H19NO3/c1-10-9-12(10)13-5-3-11(18-13)4-6-14(17)15-7-2-8-16/h3-6,10,12,16H,2,7-9H2,1H3,(H,15,17)/b6-4+. The van der Waals surface area contributed by atoms with Crippen LogP contribution in [-0.4, -0.2) is 24.2 Å². The zero-order chi connectivity index (χ0) is 13.0. The molecule has 1 fully saturated rings. The van der Waals surface area contributed by atoms with Crippen LogP contribution < -0.4 is 5.32 Å². The number of furan rings is 1. The lowest BCUT2D eigenvalue weighted by Gasteiger charge is -1.98. The van der Waals surface area contributed by atoms with Gasteiger partial charge in [-0.1, -0.05) is 6.92 Å². The maximum atomic E-state index is 11.4. The molecule has 0 aromatic carbocycles. The Bertz CT molecular complexity index is 436. The van der Waals surface area contributed by atoms with Crippen LogP contribution in [0.1, 0.15) is 37.2 Å². The zero-order valence-electron chi connectivity index (χ0n) is 10.6. The fourth-order valence-electron chi connectivity index (χ4n) is 1.88. The van der Waals surface area contributed by atoms with E-state index in [0.29, 0.717) is 24.6 Å². The Hall–Kier alpha value is -1.55. The Morgan fingerprint density at radius 2 is 2.39 bits per heavy atom. The molecule has 1 amide bonds. The number of aliphatic hydroxyl groups excluding tert-OH is 1. The first-order valence-electron chi connectivity index (χ1n) is 6.37. The highest BCUT2D eigenvalue weighted by molar-refractivity contribution is 5.91. The van der Waals surface area contributed by atoms with E-state index in [2.05, 4.69) is 12.2 Å². The molecule has 4 nitrogen and oxygen atoms in total. The van der Waals surface area contributed by atoms with Crippen molar-refractivity contribution in [3.05, 3.63) is 29.7 Å². The summed E-state index contributed by atoms with van der Waals surface area (Å²) in [4.78, 5) is 11.4. The predicted molar refractivity (Wildman–Crippen MR) is 69.0 cm³/mol. The van der Waals surface area contributed by atoms with Gasteiger partial charge < -0.3 is 14.8 Å². The lowest BCUT2D eigenvalue weighted by atomic mass is 10.3. The van der Waals surface area contributed by atoms with Crippen LogP contribution in [0.15, 0.2) is 22.6 Å². The molecule has 4 heteroatoms. The van der Waals surface area contributed by atoms with E-state index < -0.39 is 0 Å². The lowest BCUT2D eigenvalue weighted by molar-refractivity contribution is -0.116. The van der Waals surface area contributed by atoms with Gasteiger partial charge in [-0.15, -0.1) is 0 Å². The normalized spacial score (nSPS) is 22.3. The Morgan fingerprint density at radius 3 is 3.06 bits per heavy atom. The van der Waals surface area contributed by atoms with Crippen LogP contribution in [0.2, 0.25) is 0 Å². The molecule has 0 bridgehead atoms. The monoisotopic (exact) mass is 249 g/mol. The molecule has 0 spiro atoms. The van der Waals surface area contributed by atoms with Gasteiger partial charge in [-0.2, -0.15) is 0 Å². The van der Waals surface area contributed by atoms with Crippen molar-refractivity contribution >= 4 is 12.0 Å². The second-order valence-electron chi connectivity index (χ2n) is 4.76. The van der Waals surface area contributed by atoms with Crippen LogP contribution in [0.25, 0.3) is 6.08 Å². The Morgan fingerprint density at radius 1 is 1.61 bits per heavy atom. The smallest absolute Gasteiger partial charge is 0.244 e. The van der Waals surface area contributed by atoms with Crippen molar-refractivity contribution in [3.63, 3.8) is 0 Å². The Kier molecular flexibility index (Phi) is 4.20. The fraction of sp³-hybridized carbons (Fsp3) is 0.500. The van der Waals surface area contributed by atoms with E-state index in [4.69, 9.17) is 9.52 Å². The van der Waals surface area contributed by atoms with Gasteiger partial charge in [0.2, 0.25) is 5.91 Å². The largest absolute Gasteiger partial charge is 0.461 e. The Balaban J connectivity index is 1.81. The van der Waals surface area contributed by atoms with E-state index in [1.165, 1.54) is 12.5 Å². The lowest BCUT2D eigenvalue weighted by Crippen LogP contribution is -2.22. The van der Waals surface area contributed by atoms with Gasteiger partial charge in [-0.05, 0) is 37.0 Å². The molecule has 2 rings (SSSR count). The van der Waals surface area contributed by atoms with Crippen molar-refractivity contribution in [1.29, 1.82) is 0 Å². The fourth-order valence-corrected chi connectivity index (χ4v) is 1.88. The van der Waals surface area contributed by atoms with Crippen LogP contribution in [0.5, 0.6) is 0 Å². The number of carbonyl (C=O) groups excluding carboxylic acids is 1. The summed E-state index contributed by atoms with van der Waals surface area (Å²) in [5.74, 6) is 2.84. The molecule has 18 heavy (non-hydrogen) atoms. The summed E-state index contributed by atoms with van der Waals surface area (Å²) in [6.45, 7) is 2.78. The van der Waals surface area contributed by atoms with Gasteiger partial charge in [0, 0.05) is 25.1 Å². The molecular formula is C14H19NO3. The number of amides is 1. The molecular weight excluding hydrogens is 230 g/mol. The van der Waals surface area contributed by atoms with Gasteiger partial charge in [0.15, 0.2) is 0 Å². The van der Waals surface area contributed by atoms with Gasteiger partial charge >= 0.3 is 0 Å². The van der Waals surface area contributed by atoms with Crippen molar-refractivity contribution in [3.8, 4) is 0 Å². The maximum Gasteiger partial charge on any atom is 0.244 e. The van der Waals surface area contributed by atoms with Gasteiger partial charge in [0.05, 0.1) is 0 Å². The molecule has 2 N–H and O–H groups in total. The van der Waals surface area contributed by atoms with Crippen LogP contribution in [-0.2, 0) is 4.79 Å². The first kappa shape index (κ1) is 12.9. The minimum absolute atomic E-state index is 0.0884. The average molecular weight is 249 g/mol. The number of hydrogen-bond donors (Lipinski definition) is 2. The van der Waals surface area contributed by atoms with E-state index in [9.17, 15) is 4.79 Å². The van der Waals surface area contributed by atoms with Crippen LogP contribution >= 0.6 is 0 Å². The van der Waals surface area contributed by atoms with E-state index >= 15 is 0 Å². The molecule has 1 aromatic rings. The average Bonchev–Trinajstić information content (AvgIpc) is 2.91. The molecule has 1 aliphatic carbocycles. The van der Waals surface area contributed by atoms with Crippen molar-refractivity contribution in [2.45, 2.75) is 25.7 Å². The second kappa shape index (κ2) is 5.87. The summed E-state index contributed by atoms with van der Waals surface area (Å²) in [6, 6.07) is 3.87. The molecule has 2 atom stereocenters. The number of aliphatic hydroxyl groups is 1. The first-order valence-corrected chi connectivity index (χ1v) is 6.37. The summed E-state index contributed by atoms with van der Waals surface area (Å²) in [5, 5.41) is 11.3. The highest BCUT2D eigenvalue weighted by Gasteiger charge is 2.36.